The van der Waals surface area contributed by atoms with Gasteiger partial charge in [0.15, 0.2) is 0 Å². The maximum Gasteiger partial charge on any atom is 0.430 e. The predicted octanol–water partition coefficient (Wildman–Crippen LogP) is -3.00. The first-order valence-corrected chi connectivity index (χ1v) is 14.0. The molecule has 23 heteroatoms. The maximum atomic E-state index is 12.7. The fraction of sp³-hybridized carbons (Fsp3) is 0.739. The number of alkyl halides is 3. The Hall–Kier alpha value is -3.89. The van der Waals surface area contributed by atoms with E-state index in [0.717, 1.165) is 0 Å². The molecule has 0 aromatic carbocycles. The monoisotopic (exact) mass is 693 g/mol. The molecule has 0 aromatic rings. The molecule has 0 aliphatic carbocycles. The number of carboxylic acids is 3. The SMILES string of the molecule is O=C([O-])C(F)(F)F.[N-]=[N+]=NCCOCCOCCOCC(=O)N[C@@H](CC(=O)O)C(=O)N[C@@H](CS)C(=O)N[C@@H](CCCC[NH3+])C(=O)O. The Morgan fingerprint density at radius 1 is 0.891 bits per heavy atom. The summed E-state index contributed by atoms with van der Waals surface area (Å²) in [4.78, 5) is 71.4. The van der Waals surface area contributed by atoms with Crippen LogP contribution in [0.25, 0.3) is 10.4 Å². The summed E-state index contributed by atoms with van der Waals surface area (Å²) < 4.78 is 47.1. The molecule has 3 amide bonds. The molecule has 0 aliphatic rings. The van der Waals surface area contributed by atoms with Crippen molar-refractivity contribution in [3.63, 3.8) is 0 Å². The van der Waals surface area contributed by atoms with Crippen LogP contribution in [0.2, 0.25) is 0 Å². The lowest BCUT2D eigenvalue weighted by atomic mass is 10.1. The average Bonchev–Trinajstić information content (AvgIpc) is 2.97. The number of aliphatic carboxylic acids is 3. The third kappa shape index (κ3) is 24.4. The molecule has 0 unspecified atom stereocenters. The number of unbranched alkanes of at least 4 members (excludes halogenated alkanes) is 1. The first-order chi connectivity index (χ1) is 21.6. The number of quaternary nitrogens is 1. The van der Waals surface area contributed by atoms with E-state index < -0.39 is 73.0 Å². The van der Waals surface area contributed by atoms with Gasteiger partial charge in [0.05, 0.1) is 46.0 Å². The molecule has 0 rings (SSSR count). The summed E-state index contributed by atoms with van der Waals surface area (Å²) in [6, 6.07) is -3.99. The molecule has 264 valence electrons. The standard InChI is InChI=1S/C21H37N7O10S.C2HF3O2/c22-4-2-1-3-14(21(34)35)26-20(33)16(13-39)27-19(32)15(11-18(30)31)25-17(29)12-38-10-9-37-8-7-36-6-5-24-28-23;3-2(4,5)1(6)7/h14-16,39H,1-13,22H2,(H,25,29)(H,26,33)(H,27,32)(H,30,31)(H,34,35);(H,6,7)/t14-,15-,16-;/m0./s1. The number of carboxylic acid groups (broad SMARTS) is 3. The second kappa shape index (κ2) is 26.3. The zero-order valence-corrected chi connectivity index (χ0v) is 25.4. The molecule has 0 radical (unpaired) electrons. The van der Waals surface area contributed by atoms with Crippen LogP contribution in [-0.2, 0) is 43.0 Å². The zero-order chi connectivity index (χ0) is 35.5. The van der Waals surface area contributed by atoms with Crippen LogP contribution in [0.5, 0.6) is 0 Å². The molecule has 46 heavy (non-hydrogen) atoms. The summed E-state index contributed by atoms with van der Waals surface area (Å²) in [6.07, 6.45) is -4.60. The predicted molar refractivity (Wildman–Crippen MR) is 149 cm³/mol. The number of carbonyl (C=O) groups is 6. The van der Waals surface area contributed by atoms with Crippen LogP contribution in [-0.4, -0.2) is 129 Å². The molecule has 19 nitrogen and oxygen atoms in total. The molecule has 0 aromatic heterocycles. The van der Waals surface area contributed by atoms with Crippen molar-refractivity contribution in [3.8, 4) is 0 Å². The van der Waals surface area contributed by atoms with E-state index in [2.05, 4.69) is 44.3 Å². The second-order valence-electron chi connectivity index (χ2n) is 8.73. The van der Waals surface area contributed by atoms with Crippen LogP contribution in [0.15, 0.2) is 5.11 Å². The Balaban J connectivity index is 0. The van der Waals surface area contributed by atoms with Crippen molar-refractivity contribution in [2.75, 3.05) is 58.5 Å². The minimum absolute atomic E-state index is 0.0311. The van der Waals surface area contributed by atoms with Crippen LogP contribution in [0, 0.1) is 0 Å². The Labute approximate surface area is 265 Å². The largest absolute Gasteiger partial charge is 0.542 e. The summed E-state index contributed by atoms with van der Waals surface area (Å²) in [5.74, 6) is -8.40. The van der Waals surface area contributed by atoms with Gasteiger partial charge in [0.2, 0.25) is 17.7 Å². The van der Waals surface area contributed by atoms with E-state index in [9.17, 15) is 42.3 Å². The van der Waals surface area contributed by atoms with Gasteiger partial charge in [-0.3, -0.25) is 19.2 Å². The van der Waals surface area contributed by atoms with Gasteiger partial charge in [0, 0.05) is 17.2 Å². The molecule has 0 spiro atoms. The van der Waals surface area contributed by atoms with E-state index >= 15 is 0 Å². The molecule has 0 fully saturated rings. The van der Waals surface area contributed by atoms with E-state index in [0.29, 0.717) is 19.4 Å². The van der Waals surface area contributed by atoms with Gasteiger partial charge >= 0.3 is 18.1 Å². The molecule has 0 aliphatic heterocycles. The number of nitrogens with one attached hydrogen (secondary N) is 3. The smallest absolute Gasteiger partial charge is 0.430 e. The minimum atomic E-state index is -5.19. The number of hydrogen-bond donors (Lipinski definition) is 7. The second-order valence-corrected chi connectivity index (χ2v) is 9.09. The number of carbonyl (C=O) groups excluding carboxylic acids is 4. The van der Waals surface area contributed by atoms with E-state index in [1.807, 2.05) is 0 Å². The number of azide groups is 1. The summed E-state index contributed by atoms with van der Waals surface area (Å²) >= 11 is 4.01. The van der Waals surface area contributed by atoms with E-state index in [-0.39, 0.29) is 51.8 Å². The molecular formula is C23H38F3N7O12S. The summed E-state index contributed by atoms with van der Waals surface area (Å²) in [5.41, 5.74) is 11.8. The van der Waals surface area contributed by atoms with Crippen LogP contribution >= 0.6 is 12.6 Å². The third-order valence-electron chi connectivity index (χ3n) is 5.06. The fourth-order valence-corrected chi connectivity index (χ4v) is 3.15. The fourth-order valence-electron chi connectivity index (χ4n) is 2.90. The molecule has 8 N–H and O–H groups in total. The summed E-state index contributed by atoms with van der Waals surface area (Å²) in [7, 11) is 0. The van der Waals surface area contributed by atoms with Crippen molar-refractivity contribution in [1.29, 1.82) is 0 Å². The van der Waals surface area contributed by atoms with Crippen molar-refractivity contribution >= 4 is 48.3 Å². The quantitative estimate of drug-likeness (QED) is 0.0175. The van der Waals surface area contributed by atoms with Gasteiger partial charge in [-0.25, -0.2) is 4.79 Å². The van der Waals surface area contributed by atoms with Crippen LogP contribution in [0.4, 0.5) is 13.2 Å². The number of ether oxygens (including phenoxy) is 3. The van der Waals surface area contributed by atoms with Crippen LogP contribution in [0.3, 0.4) is 0 Å². The number of amides is 3. The summed E-state index contributed by atoms with van der Waals surface area (Å²) in [6.45, 7) is 1.28. The Kier molecular flexibility index (Phi) is 25.3. The Morgan fingerprint density at radius 2 is 1.41 bits per heavy atom. The van der Waals surface area contributed by atoms with Crippen LogP contribution < -0.4 is 26.8 Å². The van der Waals surface area contributed by atoms with E-state index in [1.54, 1.807) is 0 Å². The molecular weight excluding hydrogens is 655 g/mol. The van der Waals surface area contributed by atoms with Gasteiger partial charge in [0.25, 0.3) is 0 Å². The van der Waals surface area contributed by atoms with Crippen LogP contribution in [0.1, 0.15) is 25.7 Å². The van der Waals surface area contributed by atoms with Gasteiger partial charge < -0.3 is 56.0 Å². The molecule has 3 atom stereocenters. The first-order valence-electron chi connectivity index (χ1n) is 13.4. The number of halogens is 3. The molecule has 0 heterocycles. The summed E-state index contributed by atoms with van der Waals surface area (Å²) in [5, 5.41) is 37.4. The highest BCUT2D eigenvalue weighted by atomic mass is 32.1. The maximum absolute atomic E-state index is 12.7. The van der Waals surface area contributed by atoms with Crippen molar-refractivity contribution in [1.82, 2.24) is 16.0 Å². The van der Waals surface area contributed by atoms with Gasteiger partial charge in [-0.1, -0.05) is 5.11 Å². The normalized spacial score (nSPS) is 12.6. The van der Waals surface area contributed by atoms with Gasteiger partial charge in [-0.05, 0) is 24.8 Å². The number of rotatable bonds is 24. The van der Waals surface area contributed by atoms with Gasteiger partial charge in [-0.15, -0.1) is 0 Å². The van der Waals surface area contributed by atoms with Gasteiger partial charge in [0.1, 0.15) is 30.7 Å². The first kappa shape index (κ1) is 44.2. The molecule has 0 bridgehead atoms. The minimum Gasteiger partial charge on any atom is -0.542 e. The molecule has 0 saturated carbocycles. The number of hydrogen-bond acceptors (Lipinski definition) is 12. The van der Waals surface area contributed by atoms with Crippen molar-refractivity contribution < 1.29 is 77.2 Å². The van der Waals surface area contributed by atoms with Crippen molar-refractivity contribution in [2.24, 2.45) is 5.11 Å². The number of nitrogens with zero attached hydrogens (tertiary/aromatic N) is 3. The highest BCUT2D eigenvalue weighted by Crippen LogP contribution is 2.11. The van der Waals surface area contributed by atoms with E-state index in [1.165, 1.54) is 0 Å². The lowest BCUT2D eigenvalue weighted by molar-refractivity contribution is -0.368. The lowest BCUT2D eigenvalue weighted by Crippen LogP contribution is -2.57. The van der Waals surface area contributed by atoms with E-state index in [4.69, 9.17) is 34.7 Å². The highest BCUT2D eigenvalue weighted by molar-refractivity contribution is 7.80. The average molecular weight is 694 g/mol. The topological polar surface area (TPSA) is 306 Å². The van der Waals surface area contributed by atoms with Crippen molar-refractivity contribution in [3.05, 3.63) is 10.4 Å². The highest BCUT2D eigenvalue weighted by Gasteiger charge is 2.30. The van der Waals surface area contributed by atoms with Gasteiger partial charge in [-0.2, -0.15) is 25.8 Å². The molecule has 0 saturated heterocycles. The third-order valence-corrected chi connectivity index (χ3v) is 5.43. The van der Waals surface area contributed by atoms with Crippen molar-refractivity contribution in [2.45, 2.75) is 50.0 Å². The number of thiol groups is 1. The zero-order valence-electron chi connectivity index (χ0n) is 24.5. The Morgan fingerprint density at radius 3 is 1.89 bits per heavy atom. The lowest BCUT2D eigenvalue weighted by Gasteiger charge is -2.23. The Bertz CT molecular complexity index is 1020.